The Hall–Kier alpha value is -1.47. The zero-order chi connectivity index (χ0) is 15.0. The number of anilines is 1. The fourth-order valence-electron chi connectivity index (χ4n) is 1.67. The van der Waals surface area contributed by atoms with Crippen LogP contribution in [0.3, 0.4) is 0 Å². The van der Waals surface area contributed by atoms with Gasteiger partial charge in [-0.3, -0.25) is 4.72 Å². The minimum atomic E-state index is -3.38. The van der Waals surface area contributed by atoms with Gasteiger partial charge in [-0.25, -0.2) is 8.42 Å². The number of benzene rings is 1. The normalized spacial score (nSPS) is 11.2. The van der Waals surface area contributed by atoms with Gasteiger partial charge >= 0.3 is 0 Å². The molecule has 0 saturated heterocycles. The van der Waals surface area contributed by atoms with Crippen molar-refractivity contribution in [1.29, 1.82) is 0 Å². The fourth-order valence-corrected chi connectivity index (χ4v) is 2.80. The van der Waals surface area contributed by atoms with Crippen LogP contribution >= 0.6 is 0 Å². The first-order chi connectivity index (χ1) is 9.52. The zero-order valence-corrected chi connectivity index (χ0v) is 12.9. The lowest BCUT2D eigenvalue weighted by atomic mass is 10.3. The van der Waals surface area contributed by atoms with Gasteiger partial charge in [-0.2, -0.15) is 0 Å². The summed E-state index contributed by atoms with van der Waals surface area (Å²) in [5, 5.41) is 3.09. The average molecular weight is 302 g/mol. The molecule has 0 unspecified atom stereocenters. The molecule has 20 heavy (non-hydrogen) atoms. The smallest absolute Gasteiger partial charge is 0.232 e. The monoisotopic (exact) mass is 302 g/mol. The molecule has 0 saturated carbocycles. The SMILES string of the molecule is CCNCCCS(=O)(=O)Nc1ccc(OC)cc1OC. The Balaban J connectivity index is 2.71. The molecule has 1 aromatic carbocycles. The van der Waals surface area contributed by atoms with Gasteiger partial charge in [-0.05, 0) is 31.6 Å². The van der Waals surface area contributed by atoms with Crippen LogP contribution in [0.2, 0.25) is 0 Å². The molecule has 0 aliphatic carbocycles. The highest BCUT2D eigenvalue weighted by Crippen LogP contribution is 2.29. The first kappa shape index (κ1) is 16.6. The van der Waals surface area contributed by atoms with Crippen LogP contribution in [0.15, 0.2) is 18.2 Å². The number of nitrogens with one attached hydrogen (secondary N) is 2. The third-order valence-electron chi connectivity index (χ3n) is 2.69. The molecule has 1 rings (SSSR count). The van der Waals surface area contributed by atoms with Gasteiger partial charge in [0.25, 0.3) is 0 Å². The lowest BCUT2D eigenvalue weighted by Crippen LogP contribution is -2.22. The number of hydrogen-bond donors (Lipinski definition) is 2. The Morgan fingerprint density at radius 3 is 2.55 bits per heavy atom. The summed E-state index contributed by atoms with van der Waals surface area (Å²) in [6, 6.07) is 4.94. The van der Waals surface area contributed by atoms with E-state index in [4.69, 9.17) is 9.47 Å². The molecule has 7 heteroatoms. The van der Waals surface area contributed by atoms with Crippen molar-refractivity contribution >= 4 is 15.7 Å². The van der Waals surface area contributed by atoms with Crippen molar-refractivity contribution in [2.45, 2.75) is 13.3 Å². The molecule has 0 bridgehead atoms. The van der Waals surface area contributed by atoms with Crippen LogP contribution in [-0.2, 0) is 10.0 Å². The topological polar surface area (TPSA) is 76.7 Å². The predicted molar refractivity (Wildman–Crippen MR) is 80.1 cm³/mol. The molecular formula is C13H22N2O4S. The molecule has 2 N–H and O–H groups in total. The van der Waals surface area contributed by atoms with Crippen LogP contribution in [0.1, 0.15) is 13.3 Å². The summed E-state index contributed by atoms with van der Waals surface area (Å²) < 4.78 is 36.7. The second-order valence-electron chi connectivity index (χ2n) is 4.19. The van der Waals surface area contributed by atoms with Crippen molar-refractivity contribution in [3.05, 3.63) is 18.2 Å². The van der Waals surface area contributed by atoms with Crippen LogP contribution in [0.4, 0.5) is 5.69 Å². The van der Waals surface area contributed by atoms with Gasteiger partial charge in [0, 0.05) is 6.07 Å². The van der Waals surface area contributed by atoms with E-state index in [0.717, 1.165) is 6.54 Å². The number of sulfonamides is 1. The van der Waals surface area contributed by atoms with Crippen LogP contribution in [0.25, 0.3) is 0 Å². The Kier molecular flexibility index (Phi) is 6.60. The molecule has 6 nitrogen and oxygen atoms in total. The molecule has 0 radical (unpaired) electrons. The van der Waals surface area contributed by atoms with E-state index in [0.29, 0.717) is 30.2 Å². The van der Waals surface area contributed by atoms with Gasteiger partial charge in [0.2, 0.25) is 10.0 Å². The van der Waals surface area contributed by atoms with E-state index >= 15 is 0 Å². The lowest BCUT2D eigenvalue weighted by molar-refractivity contribution is 0.395. The summed E-state index contributed by atoms with van der Waals surface area (Å²) >= 11 is 0. The minimum Gasteiger partial charge on any atom is -0.497 e. The molecule has 114 valence electrons. The molecule has 0 spiro atoms. The maximum atomic E-state index is 12.0. The third-order valence-corrected chi connectivity index (χ3v) is 4.05. The third kappa shape index (κ3) is 5.26. The predicted octanol–water partition coefficient (Wildman–Crippen LogP) is 1.45. The Morgan fingerprint density at radius 1 is 1.20 bits per heavy atom. The van der Waals surface area contributed by atoms with Crippen molar-refractivity contribution in [2.75, 3.05) is 37.8 Å². The van der Waals surface area contributed by atoms with Gasteiger partial charge in [0.15, 0.2) is 0 Å². The molecule has 0 fully saturated rings. The summed E-state index contributed by atoms with van der Waals surface area (Å²) in [4.78, 5) is 0. The van der Waals surface area contributed by atoms with E-state index in [2.05, 4.69) is 10.0 Å². The van der Waals surface area contributed by atoms with E-state index in [1.807, 2.05) is 6.92 Å². The summed E-state index contributed by atoms with van der Waals surface area (Å²) in [7, 11) is -0.353. The van der Waals surface area contributed by atoms with Crippen molar-refractivity contribution in [1.82, 2.24) is 5.32 Å². The summed E-state index contributed by atoms with van der Waals surface area (Å²) in [6.45, 7) is 3.49. The molecule has 0 aliphatic heterocycles. The van der Waals surface area contributed by atoms with Crippen LogP contribution in [0, 0.1) is 0 Å². The molecular weight excluding hydrogens is 280 g/mol. The van der Waals surface area contributed by atoms with E-state index in [9.17, 15) is 8.42 Å². The molecule has 1 aromatic rings. The number of methoxy groups -OCH3 is 2. The van der Waals surface area contributed by atoms with Crippen LogP contribution in [0.5, 0.6) is 11.5 Å². The van der Waals surface area contributed by atoms with E-state index < -0.39 is 10.0 Å². The lowest BCUT2D eigenvalue weighted by Gasteiger charge is -2.13. The van der Waals surface area contributed by atoms with Crippen LogP contribution in [-0.4, -0.2) is 41.5 Å². The Morgan fingerprint density at radius 2 is 1.95 bits per heavy atom. The number of rotatable bonds is 9. The first-order valence-corrected chi connectivity index (χ1v) is 8.11. The minimum absolute atomic E-state index is 0.0647. The Labute approximate surface area is 120 Å². The molecule has 0 amide bonds. The van der Waals surface area contributed by atoms with Gasteiger partial charge in [0.05, 0.1) is 25.7 Å². The van der Waals surface area contributed by atoms with Crippen LogP contribution < -0.4 is 19.5 Å². The largest absolute Gasteiger partial charge is 0.497 e. The highest BCUT2D eigenvalue weighted by molar-refractivity contribution is 7.92. The first-order valence-electron chi connectivity index (χ1n) is 6.45. The van der Waals surface area contributed by atoms with Gasteiger partial charge in [-0.15, -0.1) is 0 Å². The quantitative estimate of drug-likeness (QED) is 0.675. The van der Waals surface area contributed by atoms with Gasteiger partial charge in [-0.1, -0.05) is 6.92 Å². The number of hydrogen-bond acceptors (Lipinski definition) is 5. The highest BCUT2D eigenvalue weighted by atomic mass is 32.2. The van der Waals surface area contributed by atoms with Crippen molar-refractivity contribution < 1.29 is 17.9 Å². The second-order valence-corrected chi connectivity index (χ2v) is 6.04. The van der Waals surface area contributed by atoms with E-state index in [1.165, 1.54) is 7.11 Å². The van der Waals surface area contributed by atoms with Gasteiger partial charge in [0.1, 0.15) is 11.5 Å². The van der Waals surface area contributed by atoms with E-state index in [-0.39, 0.29) is 5.75 Å². The Bertz CT molecular complexity index is 517. The molecule has 0 aromatic heterocycles. The maximum absolute atomic E-state index is 12.0. The molecule has 0 heterocycles. The van der Waals surface area contributed by atoms with E-state index in [1.54, 1.807) is 25.3 Å². The maximum Gasteiger partial charge on any atom is 0.232 e. The average Bonchev–Trinajstić information content (AvgIpc) is 2.43. The number of ether oxygens (including phenoxy) is 2. The summed E-state index contributed by atoms with van der Waals surface area (Å²) in [6.07, 6.45) is 0.557. The van der Waals surface area contributed by atoms with Gasteiger partial charge < -0.3 is 14.8 Å². The molecule has 0 aliphatic rings. The molecule has 0 atom stereocenters. The fraction of sp³-hybridized carbons (Fsp3) is 0.538. The standard InChI is InChI=1S/C13H22N2O4S/c1-4-14-8-5-9-20(16,17)15-12-7-6-11(18-2)10-13(12)19-3/h6-7,10,14-15H,4-5,8-9H2,1-3H3. The van der Waals surface area contributed by atoms with Crippen molar-refractivity contribution in [3.63, 3.8) is 0 Å². The highest BCUT2D eigenvalue weighted by Gasteiger charge is 2.13. The summed E-state index contributed by atoms with van der Waals surface area (Å²) in [5.74, 6) is 1.10. The van der Waals surface area contributed by atoms with Crippen molar-refractivity contribution in [3.8, 4) is 11.5 Å². The second kappa shape index (κ2) is 7.96. The summed E-state index contributed by atoms with van der Waals surface area (Å²) in [5.41, 5.74) is 0.414. The van der Waals surface area contributed by atoms with Crippen molar-refractivity contribution in [2.24, 2.45) is 0 Å². The zero-order valence-electron chi connectivity index (χ0n) is 12.1.